The number of hydrogen-bond donors (Lipinski definition) is 1. The summed E-state index contributed by atoms with van der Waals surface area (Å²) in [5.41, 5.74) is 1.37. The summed E-state index contributed by atoms with van der Waals surface area (Å²) in [6, 6.07) is 12.0. The fourth-order valence-corrected chi connectivity index (χ4v) is 4.56. The molecule has 0 saturated heterocycles. The highest BCUT2D eigenvalue weighted by Gasteiger charge is 2.45. The van der Waals surface area contributed by atoms with Crippen molar-refractivity contribution in [1.29, 1.82) is 0 Å². The normalized spacial score (nSPS) is 15.5. The molecular formula is C24H21N5O5S. The van der Waals surface area contributed by atoms with Crippen LogP contribution in [0.3, 0.4) is 0 Å². The molecule has 1 unspecified atom stereocenters. The predicted octanol–water partition coefficient (Wildman–Crippen LogP) is 2.51. The number of nitrogens with zero attached hydrogens (tertiary/aromatic N) is 4. The molecule has 2 heterocycles. The number of methoxy groups -OCH3 is 1. The summed E-state index contributed by atoms with van der Waals surface area (Å²) in [7, 11) is 1.55. The van der Waals surface area contributed by atoms with Crippen LogP contribution in [0, 0.1) is 0 Å². The molecule has 35 heavy (non-hydrogen) atoms. The van der Waals surface area contributed by atoms with E-state index >= 15 is 0 Å². The van der Waals surface area contributed by atoms with Gasteiger partial charge >= 0.3 is 0 Å². The van der Waals surface area contributed by atoms with Crippen molar-refractivity contribution in [2.24, 2.45) is 0 Å². The molecule has 1 aromatic heterocycles. The second kappa shape index (κ2) is 9.26. The highest BCUT2D eigenvalue weighted by atomic mass is 32.1. The van der Waals surface area contributed by atoms with Gasteiger partial charge in [0.2, 0.25) is 5.91 Å². The van der Waals surface area contributed by atoms with E-state index < -0.39 is 36.2 Å². The Hall–Kier alpha value is -4.12. The number of nitrogens with one attached hydrogen (secondary N) is 1. The predicted molar refractivity (Wildman–Crippen MR) is 126 cm³/mol. The van der Waals surface area contributed by atoms with Gasteiger partial charge < -0.3 is 15.0 Å². The van der Waals surface area contributed by atoms with E-state index in [0.717, 1.165) is 16.4 Å². The number of ether oxygens (including phenoxy) is 1. The second-order valence-corrected chi connectivity index (χ2v) is 8.83. The van der Waals surface area contributed by atoms with Gasteiger partial charge in [-0.15, -0.1) is 5.10 Å². The number of rotatable bonds is 8. The van der Waals surface area contributed by atoms with E-state index in [2.05, 4.69) is 14.9 Å². The van der Waals surface area contributed by atoms with Gasteiger partial charge in [-0.2, -0.15) is 0 Å². The third kappa shape index (κ3) is 4.37. The van der Waals surface area contributed by atoms with E-state index in [9.17, 15) is 19.2 Å². The van der Waals surface area contributed by atoms with Crippen LogP contribution in [0.25, 0.3) is 0 Å². The number of carbonyl (C=O) groups excluding carboxylic acids is 4. The molecule has 0 bridgehead atoms. The number of anilines is 1. The summed E-state index contributed by atoms with van der Waals surface area (Å²) in [6.45, 7) is -0.466. The van der Waals surface area contributed by atoms with E-state index in [1.54, 1.807) is 61.0 Å². The average Bonchev–Trinajstić information content (AvgIpc) is 3.51. The summed E-state index contributed by atoms with van der Waals surface area (Å²) in [6.07, 6.45) is 1.41. The minimum absolute atomic E-state index is 0.203. The molecule has 1 aliphatic carbocycles. The fourth-order valence-electron chi connectivity index (χ4n) is 4.09. The molecule has 0 radical (unpaired) electrons. The number of imide groups is 1. The second-order valence-electron chi connectivity index (χ2n) is 8.22. The van der Waals surface area contributed by atoms with Crippen LogP contribution >= 0.6 is 11.5 Å². The minimum Gasteiger partial charge on any atom is -0.497 e. The van der Waals surface area contributed by atoms with E-state index in [0.29, 0.717) is 30.0 Å². The Bertz CT molecular complexity index is 1250. The third-order valence-electron chi connectivity index (χ3n) is 5.94. The highest BCUT2D eigenvalue weighted by molar-refractivity contribution is 7.03. The van der Waals surface area contributed by atoms with Crippen molar-refractivity contribution in [3.63, 3.8) is 0 Å². The molecule has 178 valence electrons. The molecule has 4 amide bonds. The van der Waals surface area contributed by atoms with Crippen LogP contribution in [0.5, 0.6) is 5.75 Å². The van der Waals surface area contributed by atoms with E-state index in [-0.39, 0.29) is 17.2 Å². The van der Waals surface area contributed by atoms with Crippen molar-refractivity contribution < 1.29 is 23.9 Å². The molecule has 1 aliphatic heterocycles. The van der Waals surface area contributed by atoms with Crippen molar-refractivity contribution in [2.75, 3.05) is 19.0 Å². The molecule has 5 rings (SSSR count). The van der Waals surface area contributed by atoms with Crippen molar-refractivity contribution in [3.05, 3.63) is 70.7 Å². The van der Waals surface area contributed by atoms with Gasteiger partial charge in [-0.05, 0) is 60.8 Å². The van der Waals surface area contributed by atoms with Gasteiger partial charge in [0.1, 0.15) is 18.0 Å². The van der Waals surface area contributed by atoms with E-state index in [1.165, 1.54) is 4.90 Å². The standard InChI is InChI=1S/C24H21N5O5S/c1-34-16-10-6-14(7-11-16)25-22(31)21(19-13-35-27-26-19)29(15-8-9-15)20(30)12-28-23(32)17-4-2-3-5-18(17)24(28)33/h2-7,10-11,13,15,21H,8-9,12H2,1H3,(H,25,31). The Morgan fingerprint density at radius 1 is 1.11 bits per heavy atom. The molecule has 0 spiro atoms. The largest absolute Gasteiger partial charge is 0.497 e. The Labute approximate surface area is 204 Å². The fraction of sp³-hybridized carbons (Fsp3) is 0.250. The molecule has 1 N–H and O–H groups in total. The highest BCUT2D eigenvalue weighted by Crippen LogP contribution is 2.36. The van der Waals surface area contributed by atoms with Crippen LogP contribution in [-0.2, 0) is 9.59 Å². The van der Waals surface area contributed by atoms with Gasteiger partial charge in [-0.1, -0.05) is 16.6 Å². The molecule has 1 atom stereocenters. The van der Waals surface area contributed by atoms with Crippen LogP contribution in [0.15, 0.2) is 53.9 Å². The van der Waals surface area contributed by atoms with E-state index in [4.69, 9.17) is 4.74 Å². The van der Waals surface area contributed by atoms with Crippen molar-refractivity contribution in [1.82, 2.24) is 19.4 Å². The van der Waals surface area contributed by atoms with Gasteiger partial charge in [0.15, 0.2) is 6.04 Å². The zero-order valence-corrected chi connectivity index (χ0v) is 19.5. The summed E-state index contributed by atoms with van der Waals surface area (Å²) in [4.78, 5) is 54.9. The number of carbonyl (C=O) groups is 4. The maximum absolute atomic E-state index is 13.5. The molecule has 2 aromatic carbocycles. The van der Waals surface area contributed by atoms with Crippen molar-refractivity contribution >= 4 is 40.8 Å². The first-order chi connectivity index (χ1) is 17.0. The Kier molecular flexibility index (Phi) is 6.00. The smallest absolute Gasteiger partial charge is 0.262 e. The summed E-state index contributed by atoms with van der Waals surface area (Å²) in [5, 5.41) is 8.50. The lowest BCUT2D eigenvalue weighted by molar-refractivity contribution is -0.140. The average molecular weight is 492 g/mol. The first-order valence-electron chi connectivity index (χ1n) is 11.0. The Morgan fingerprint density at radius 2 is 1.77 bits per heavy atom. The minimum atomic E-state index is -1.06. The maximum Gasteiger partial charge on any atom is 0.262 e. The molecule has 3 aromatic rings. The van der Waals surface area contributed by atoms with Gasteiger partial charge in [-0.3, -0.25) is 24.1 Å². The van der Waals surface area contributed by atoms with Crippen molar-refractivity contribution in [3.8, 4) is 5.75 Å². The van der Waals surface area contributed by atoms with Gasteiger partial charge in [0.05, 0.1) is 18.2 Å². The maximum atomic E-state index is 13.5. The number of hydrogen-bond acceptors (Lipinski definition) is 8. The number of benzene rings is 2. The van der Waals surface area contributed by atoms with Gasteiger partial charge in [0, 0.05) is 17.1 Å². The molecule has 1 saturated carbocycles. The van der Waals surface area contributed by atoms with E-state index in [1.807, 2.05) is 0 Å². The van der Waals surface area contributed by atoms with Crippen LogP contribution < -0.4 is 10.1 Å². The van der Waals surface area contributed by atoms with Crippen LogP contribution in [0.2, 0.25) is 0 Å². The first kappa shape index (κ1) is 22.7. The number of aromatic nitrogens is 2. The molecule has 10 nitrogen and oxygen atoms in total. The number of amides is 4. The summed E-state index contributed by atoms with van der Waals surface area (Å²) >= 11 is 1.07. The van der Waals surface area contributed by atoms with Crippen LogP contribution in [-0.4, -0.2) is 62.7 Å². The SMILES string of the molecule is COc1ccc(NC(=O)C(c2csnn2)N(C(=O)CN2C(=O)c3ccccc3C2=O)C2CC2)cc1. The van der Waals surface area contributed by atoms with Crippen molar-refractivity contribution in [2.45, 2.75) is 24.9 Å². The lowest BCUT2D eigenvalue weighted by atomic mass is 10.1. The molecule has 1 fully saturated rings. The monoisotopic (exact) mass is 491 g/mol. The molecule has 2 aliphatic rings. The topological polar surface area (TPSA) is 122 Å². The lowest BCUT2D eigenvalue weighted by Crippen LogP contribution is -2.48. The number of fused-ring (bicyclic) bond motifs is 1. The quantitative estimate of drug-likeness (QED) is 0.481. The van der Waals surface area contributed by atoms with Gasteiger partial charge in [0.25, 0.3) is 17.7 Å². The lowest BCUT2D eigenvalue weighted by Gasteiger charge is -2.31. The summed E-state index contributed by atoms with van der Waals surface area (Å²) in [5.74, 6) is -1.39. The van der Waals surface area contributed by atoms with Gasteiger partial charge in [-0.25, -0.2) is 0 Å². The Morgan fingerprint density at radius 3 is 2.31 bits per heavy atom. The molecular weight excluding hydrogens is 470 g/mol. The molecule has 11 heteroatoms. The zero-order valence-electron chi connectivity index (χ0n) is 18.7. The Balaban J connectivity index is 1.40. The first-order valence-corrected chi connectivity index (χ1v) is 11.8. The summed E-state index contributed by atoms with van der Waals surface area (Å²) < 4.78 is 9.02. The third-order valence-corrected chi connectivity index (χ3v) is 6.46. The van der Waals surface area contributed by atoms with Crippen LogP contribution in [0.4, 0.5) is 5.69 Å². The zero-order chi connectivity index (χ0) is 24.5. The van der Waals surface area contributed by atoms with Crippen LogP contribution in [0.1, 0.15) is 45.3 Å².